The normalized spacial score (nSPS) is 10.7. The average Bonchev–Trinajstić information content (AvgIpc) is 2.98. The van der Waals surface area contributed by atoms with Gasteiger partial charge in [0.15, 0.2) is 5.82 Å². The van der Waals surface area contributed by atoms with Crippen LogP contribution in [0.25, 0.3) is 11.5 Å². The zero-order chi connectivity index (χ0) is 15.9. The molecule has 0 unspecified atom stereocenters. The number of rotatable bonds is 6. The van der Waals surface area contributed by atoms with Crippen LogP contribution in [0.4, 0.5) is 10.5 Å². The Labute approximate surface area is 129 Å². The van der Waals surface area contributed by atoms with Crippen LogP contribution in [0.5, 0.6) is 0 Å². The molecule has 0 bridgehead atoms. The van der Waals surface area contributed by atoms with E-state index in [-0.39, 0.29) is 11.9 Å². The molecule has 0 fully saturated rings. The number of aromatic nitrogens is 2. The highest BCUT2D eigenvalue weighted by Gasteiger charge is 2.11. The van der Waals surface area contributed by atoms with Gasteiger partial charge in [0, 0.05) is 30.8 Å². The molecule has 0 saturated carbocycles. The van der Waals surface area contributed by atoms with E-state index in [2.05, 4.69) is 20.8 Å². The first-order valence-electron chi connectivity index (χ1n) is 7.08. The van der Waals surface area contributed by atoms with Crippen molar-refractivity contribution in [3.05, 3.63) is 30.1 Å². The van der Waals surface area contributed by atoms with Crippen molar-refractivity contribution in [2.75, 3.05) is 25.6 Å². The summed E-state index contributed by atoms with van der Waals surface area (Å²) in [7, 11) is 1.58. The molecule has 1 aromatic heterocycles. The number of benzene rings is 1. The fourth-order valence-corrected chi connectivity index (χ4v) is 1.72. The SMILES string of the molecule is COCCNC(=O)Nc1ccc(-c2nc(C(C)C)no2)cc1. The molecule has 2 rings (SSSR count). The lowest BCUT2D eigenvalue weighted by atomic mass is 10.2. The molecule has 118 valence electrons. The molecule has 1 heterocycles. The zero-order valence-corrected chi connectivity index (χ0v) is 12.9. The van der Waals surface area contributed by atoms with Crippen molar-refractivity contribution < 1.29 is 14.1 Å². The Morgan fingerprint density at radius 3 is 2.64 bits per heavy atom. The van der Waals surface area contributed by atoms with Gasteiger partial charge in [0.25, 0.3) is 5.89 Å². The van der Waals surface area contributed by atoms with Crippen LogP contribution in [0.15, 0.2) is 28.8 Å². The summed E-state index contributed by atoms with van der Waals surface area (Å²) in [6.07, 6.45) is 0. The minimum atomic E-state index is -0.273. The molecule has 0 aliphatic carbocycles. The van der Waals surface area contributed by atoms with E-state index in [1.54, 1.807) is 19.2 Å². The maximum Gasteiger partial charge on any atom is 0.319 e. The number of hydrogen-bond donors (Lipinski definition) is 2. The standard InChI is InChI=1S/C15H20N4O3/c1-10(2)13-18-14(22-19-13)11-4-6-12(7-5-11)17-15(20)16-8-9-21-3/h4-7,10H,8-9H2,1-3H3,(H2,16,17,20). The van der Waals surface area contributed by atoms with Crippen molar-refractivity contribution >= 4 is 11.7 Å². The molecule has 0 atom stereocenters. The van der Waals surface area contributed by atoms with E-state index in [1.165, 1.54) is 0 Å². The van der Waals surface area contributed by atoms with E-state index in [9.17, 15) is 4.79 Å². The van der Waals surface area contributed by atoms with Crippen molar-refractivity contribution in [1.82, 2.24) is 15.5 Å². The number of hydrogen-bond acceptors (Lipinski definition) is 5. The quantitative estimate of drug-likeness (QED) is 0.801. The molecule has 1 aromatic carbocycles. The van der Waals surface area contributed by atoms with Crippen LogP contribution in [0.1, 0.15) is 25.6 Å². The van der Waals surface area contributed by atoms with Crippen molar-refractivity contribution in [2.45, 2.75) is 19.8 Å². The zero-order valence-electron chi connectivity index (χ0n) is 12.9. The Hall–Kier alpha value is -2.41. The van der Waals surface area contributed by atoms with Crippen LogP contribution in [-0.4, -0.2) is 36.4 Å². The average molecular weight is 304 g/mol. The van der Waals surface area contributed by atoms with Crippen LogP contribution in [0.3, 0.4) is 0 Å². The van der Waals surface area contributed by atoms with E-state index >= 15 is 0 Å². The van der Waals surface area contributed by atoms with E-state index < -0.39 is 0 Å². The topological polar surface area (TPSA) is 89.3 Å². The van der Waals surface area contributed by atoms with Crippen molar-refractivity contribution in [3.63, 3.8) is 0 Å². The number of urea groups is 1. The summed E-state index contributed by atoms with van der Waals surface area (Å²) in [5.74, 6) is 1.36. The molecule has 7 nitrogen and oxygen atoms in total. The van der Waals surface area contributed by atoms with Gasteiger partial charge in [-0.25, -0.2) is 4.79 Å². The van der Waals surface area contributed by atoms with Gasteiger partial charge in [0.2, 0.25) is 0 Å². The fourth-order valence-electron chi connectivity index (χ4n) is 1.72. The molecular weight excluding hydrogens is 284 g/mol. The summed E-state index contributed by atoms with van der Waals surface area (Å²) in [6, 6.07) is 6.93. The molecule has 0 aliphatic rings. The second-order valence-corrected chi connectivity index (χ2v) is 5.06. The van der Waals surface area contributed by atoms with Gasteiger partial charge in [-0.3, -0.25) is 0 Å². The maximum absolute atomic E-state index is 11.6. The van der Waals surface area contributed by atoms with Crippen LogP contribution in [-0.2, 0) is 4.74 Å². The number of carbonyl (C=O) groups is 1. The summed E-state index contributed by atoms with van der Waals surface area (Å²) < 4.78 is 10.1. The van der Waals surface area contributed by atoms with Gasteiger partial charge in [-0.2, -0.15) is 4.98 Å². The second-order valence-electron chi connectivity index (χ2n) is 5.06. The smallest absolute Gasteiger partial charge is 0.319 e. The second kappa shape index (κ2) is 7.56. The highest BCUT2D eigenvalue weighted by Crippen LogP contribution is 2.21. The number of anilines is 1. The molecule has 2 amide bonds. The van der Waals surface area contributed by atoms with Crippen LogP contribution < -0.4 is 10.6 Å². The number of ether oxygens (including phenoxy) is 1. The first kappa shape index (κ1) is 16.0. The van der Waals surface area contributed by atoms with Gasteiger partial charge in [-0.1, -0.05) is 19.0 Å². The molecule has 0 aliphatic heterocycles. The van der Waals surface area contributed by atoms with Gasteiger partial charge in [0.1, 0.15) is 0 Å². The van der Waals surface area contributed by atoms with E-state index in [0.717, 1.165) is 5.56 Å². The number of carbonyl (C=O) groups excluding carboxylic acids is 1. The summed E-state index contributed by atoms with van der Waals surface area (Å²) in [5, 5.41) is 9.34. The van der Waals surface area contributed by atoms with Gasteiger partial charge < -0.3 is 19.9 Å². The Morgan fingerprint density at radius 2 is 2.05 bits per heavy atom. The van der Waals surface area contributed by atoms with Crippen LogP contribution in [0.2, 0.25) is 0 Å². The predicted molar refractivity (Wildman–Crippen MR) is 82.7 cm³/mol. The Bertz CT molecular complexity index is 608. The Balaban J connectivity index is 1.96. The highest BCUT2D eigenvalue weighted by molar-refractivity contribution is 5.89. The number of methoxy groups -OCH3 is 1. The summed E-state index contributed by atoms with van der Waals surface area (Å²) in [5.41, 5.74) is 1.49. The maximum atomic E-state index is 11.6. The van der Waals surface area contributed by atoms with Crippen LogP contribution in [0, 0.1) is 0 Å². The molecule has 2 aromatic rings. The van der Waals surface area contributed by atoms with Gasteiger partial charge in [0.05, 0.1) is 6.61 Å². The largest absolute Gasteiger partial charge is 0.383 e. The third-order valence-corrected chi connectivity index (χ3v) is 2.94. The van der Waals surface area contributed by atoms with Crippen molar-refractivity contribution in [1.29, 1.82) is 0 Å². The van der Waals surface area contributed by atoms with Gasteiger partial charge >= 0.3 is 6.03 Å². The third kappa shape index (κ3) is 4.29. The predicted octanol–water partition coefficient (Wildman–Crippen LogP) is 2.63. The minimum Gasteiger partial charge on any atom is -0.383 e. The number of nitrogens with one attached hydrogen (secondary N) is 2. The summed E-state index contributed by atoms with van der Waals surface area (Å²) in [4.78, 5) is 15.9. The highest BCUT2D eigenvalue weighted by atomic mass is 16.5. The molecule has 7 heteroatoms. The van der Waals surface area contributed by atoms with Crippen LogP contribution >= 0.6 is 0 Å². The number of nitrogens with zero attached hydrogens (tertiary/aromatic N) is 2. The minimum absolute atomic E-state index is 0.217. The third-order valence-electron chi connectivity index (χ3n) is 2.94. The lowest BCUT2D eigenvalue weighted by Gasteiger charge is -2.07. The lowest BCUT2D eigenvalue weighted by molar-refractivity contribution is 0.198. The monoisotopic (exact) mass is 304 g/mol. The lowest BCUT2D eigenvalue weighted by Crippen LogP contribution is -2.31. The first-order chi connectivity index (χ1) is 10.6. The van der Waals surface area contributed by atoms with E-state index in [1.807, 2.05) is 26.0 Å². The summed E-state index contributed by atoms with van der Waals surface area (Å²) >= 11 is 0. The first-order valence-corrected chi connectivity index (χ1v) is 7.08. The molecule has 0 spiro atoms. The fraction of sp³-hybridized carbons (Fsp3) is 0.400. The Kier molecular flexibility index (Phi) is 5.48. The Morgan fingerprint density at radius 1 is 1.32 bits per heavy atom. The molecule has 0 radical (unpaired) electrons. The molecule has 2 N–H and O–H groups in total. The van der Waals surface area contributed by atoms with E-state index in [0.29, 0.717) is 30.6 Å². The summed E-state index contributed by atoms with van der Waals surface area (Å²) in [6.45, 7) is 4.94. The number of amides is 2. The van der Waals surface area contributed by atoms with Gasteiger partial charge in [-0.05, 0) is 24.3 Å². The molecule has 0 saturated heterocycles. The molecule has 22 heavy (non-hydrogen) atoms. The van der Waals surface area contributed by atoms with Gasteiger partial charge in [-0.15, -0.1) is 0 Å². The van der Waals surface area contributed by atoms with E-state index in [4.69, 9.17) is 9.26 Å². The van der Waals surface area contributed by atoms with Crippen molar-refractivity contribution in [2.24, 2.45) is 0 Å². The molecular formula is C15H20N4O3. The van der Waals surface area contributed by atoms with Crippen molar-refractivity contribution in [3.8, 4) is 11.5 Å².